The van der Waals surface area contributed by atoms with Gasteiger partial charge in [-0.25, -0.2) is 0 Å². The predicted molar refractivity (Wildman–Crippen MR) is 149 cm³/mol. The summed E-state index contributed by atoms with van der Waals surface area (Å²) in [6, 6.07) is 14.9. The summed E-state index contributed by atoms with van der Waals surface area (Å²) in [5.74, 6) is 1.66. The molecular weight excluding hydrogens is 526 g/mol. The maximum atomic E-state index is 6.38. The number of benzene rings is 2. The Hall–Kier alpha value is -1.69. The van der Waals surface area contributed by atoms with Crippen molar-refractivity contribution in [2.24, 2.45) is 0 Å². The lowest BCUT2D eigenvalue weighted by Crippen LogP contribution is -2.31. The zero-order chi connectivity index (χ0) is 23.0. The topological polar surface area (TPSA) is 43.4 Å². The number of nitrogens with zero attached hydrogens (tertiary/aromatic N) is 1. The molecule has 1 N–H and O–H groups in total. The molecule has 0 bridgehead atoms. The Morgan fingerprint density at radius 1 is 0.971 bits per heavy atom. The molecule has 2 aromatic carbocycles. The van der Waals surface area contributed by atoms with E-state index >= 15 is 0 Å². The predicted octanol–water partition coefficient (Wildman–Crippen LogP) is 7.46. The minimum Gasteiger partial charge on any atom is -0.493 e. The van der Waals surface area contributed by atoms with Crippen LogP contribution in [0.1, 0.15) is 47.6 Å². The largest absolute Gasteiger partial charge is 0.493 e. The molecule has 0 fully saturated rings. The lowest BCUT2D eigenvalue weighted by molar-refractivity contribution is 0.280. The first-order chi connectivity index (χ1) is 16.2. The number of aromatic nitrogens is 1. The third-order valence-corrected chi connectivity index (χ3v) is 6.83. The average molecular weight is 558 g/mol. The summed E-state index contributed by atoms with van der Waals surface area (Å²) in [5, 5.41) is 4.80. The van der Waals surface area contributed by atoms with Crippen molar-refractivity contribution in [1.29, 1.82) is 0 Å². The molecule has 1 aliphatic rings. The number of pyridine rings is 1. The Morgan fingerprint density at radius 3 is 2.43 bits per heavy atom. The third kappa shape index (κ3) is 7.65. The highest BCUT2D eigenvalue weighted by molar-refractivity contribution is 6.35. The highest BCUT2D eigenvalue weighted by Gasteiger charge is 2.26. The molecule has 1 aliphatic heterocycles. The van der Waals surface area contributed by atoms with Crippen molar-refractivity contribution < 1.29 is 9.47 Å². The van der Waals surface area contributed by atoms with Crippen molar-refractivity contribution in [3.8, 4) is 11.5 Å². The molecule has 4 nitrogen and oxygen atoms in total. The fourth-order valence-corrected chi connectivity index (χ4v) is 4.97. The van der Waals surface area contributed by atoms with Gasteiger partial charge in [-0.2, -0.15) is 0 Å². The van der Waals surface area contributed by atoms with E-state index < -0.39 is 0 Å². The van der Waals surface area contributed by atoms with Gasteiger partial charge in [0.2, 0.25) is 0 Å². The minimum atomic E-state index is 0. The molecule has 1 atom stereocenters. The summed E-state index contributed by atoms with van der Waals surface area (Å²) in [5.41, 5.74) is 4.73. The molecular formula is C27H32Cl4N2O2. The van der Waals surface area contributed by atoms with Gasteiger partial charge in [-0.1, -0.05) is 59.6 Å². The number of ether oxygens (including phenoxy) is 2. The molecule has 1 aromatic heterocycles. The molecule has 8 heteroatoms. The van der Waals surface area contributed by atoms with E-state index in [2.05, 4.69) is 46.7 Å². The van der Waals surface area contributed by atoms with Crippen molar-refractivity contribution in [1.82, 2.24) is 10.3 Å². The summed E-state index contributed by atoms with van der Waals surface area (Å²) in [6.07, 6.45) is 9.30. The molecule has 0 saturated carbocycles. The fourth-order valence-electron chi connectivity index (χ4n) is 4.45. The van der Waals surface area contributed by atoms with Crippen LogP contribution in [0.5, 0.6) is 11.5 Å². The second-order valence-electron chi connectivity index (χ2n) is 8.35. The SMILES string of the molecule is COc1ccc2c(c1OCCCCCc1ccccc1)CCNC2Cc1c(Cl)cncc1Cl.Cl.Cl. The summed E-state index contributed by atoms with van der Waals surface area (Å²) in [7, 11) is 1.70. The second-order valence-corrected chi connectivity index (χ2v) is 9.17. The van der Waals surface area contributed by atoms with Crippen LogP contribution < -0.4 is 14.8 Å². The van der Waals surface area contributed by atoms with Crippen LogP contribution in [0.2, 0.25) is 10.0 Å². The van der Waals surface area contributed by atoms with Crippen LogP contribution in [0, 0.1) is 0 Å². The average Bonchev–Trinajstić information content (AvgIpc) is 2.84. The van der Waals surface area contributed by atoms with E-state index in [-0.39, 0.29) is 30.9 Å². The Morgan fingerprint density at radius 2 is 1.71 bits per heavy atom. The maximum Gasteiger partial charge on any atom is 0.164 e. The van der Waals surface area contributed by atoms with Gasteiger partial charge in [-0.15, -0.1) is 24.8 Å². The highest BCUT2D eigenvalue weighted by atomic mass is 35.5. The van der Waals surface area contributed by atoms with Crippen LogP contribution in [0.4, 0.5) is 0 Å². The van der Waals surface area contributed by atoms with E-state index in [4.69, 9.17) is 32.7 Å². The van der Waals surface area contributed by atoms with E-state index in [0.29, 0.717) is 23.1 Å². The number of methoxy groups -OCH3 is 1. The molecule has 2 heterocycles. The second kappa shape index (κ2) is 14.8. The van der Waals surface area contributed by atoms with Gasteiger partial charge in [0.15, 0.2) is 11.5 Å². The molecule has 0 saturated heterocycles. The molecule has 0 amide bonds. The summed E-state index contributed by atoms with van der Waals surface area (Å²) in [6.45, 7) is 1.54. The molecule has 0 radical (unpaired) electrons. The van der Waals surface area contributed by atoms with E-state index in [1.807, 2.05) is 6.07 Å². The van der Waals surface area contributed by atoms with E-state index in [0.717, 1.165) is 55.7 Å². The number of aryl methyl sites for hydroxylation is 1. The number of halogens is 4. The van der Waals surface area contributed by atoms with Crippen LogP contribution >= 0.6 is 48.0 Å². The Labute approximate surface area is 230 Å². The zero-order valence-corrected chi connectivity index (χ0v) is 22.9. The van der Waals surface area contributed by atoms with Crippen molar-refractivity contribution in [3.63, 3.8) is 0 Å². The van der Waals surface area contributed by atoms with Crippen LogP contribution in [-0.2, 0) is 19.3 Å². The fraction of sp³-hybridized carbons (Fsp3) is 0.370. The van der Waals surface area contributed by atoms with Gasteiger partial charge in [-0.3, -0.25) is 4.98 Å². The van der Waals surface area contributed by atoms with Gasteiger partial charge in [-0.05, 0) is 67.8 Å². The van der Waals surface area contributed by atoms with Crippen molar-refractivity contribution in [2.75, 3.05) is 20.3 Å². The molecule has 190 valence electrons. The monoisotopic (exact) mass is 556 g/mol. The number of unbranched alkanes of at least 4 members (excludes halogenated alkanes) is 2. The molecule has 0 aliphatic carbocycles. The summed E-state index contributed by atoms with van der Waals surface area (Å²) < 4.78 is 12.0. The third-order valence-electron chi connectivity index (χ3n) is 6.18. The zero-order valence-electron chi connectivity index (χ0n) is 19.8. The normalized spacial score (nSPS) is 14.3. The number of hydrogen-bond acceptors (Lipinski definition) is 4. The summed E-state index contributed by atoms with van der Waals surface area (Å²) in [4.78, 5) is 4.07. The minimum absolute atomic E-state index is 0. The van der Waals surface area contributed by atoms with Crippen LogP contribution in [0.3, 0.4) is 0 Å². The Bertz CT molecular complexity index is 1050. The van der Waals surface area contributed by atoms with Crippen molar-refractivity contribution in [3.05, 3.63) is 87.2 Å². The van der Waals surface area contributed by atoms with Gasteiger partial charge in [0, 0.05) is 24.0 Å². The van der Waals surface area contributed by atoms with Gasteiger partial charge in [0.05, 0.1) is 23.8 Å². The Kier molecular flexibility index (Phi) is 12.5. The highest BCUT2D eigenvalue weighted by Crippen LogP contribution is 2.40. The van der Waals surface area contributed by atoms with Gasteiger partial charge < -0.3 is 14.8 Å². The lowest BCUT2D eigenvalue weighted by atomic mass is 9.89. The number of rotatable bonds is 10. The first-order valence-corrected chi connectivity index (χ1v) is 12.3. The lowest BCUT2D eigenvalue weighted by Gasteiger charge is -2.30. The Balaban J connectivity index is 0.00000216. The van der Waals surface area contributed by atoms with E-state index in [1.165, 1.54) is 16.7 Å². The molecule has 0 spiro atoms. The van der Waals surface area contributed by atoms with E-state index in [9.17, 15) is 0 Å². The number of hydrogen-bond donors (Lipinski definition) is 1. The smallest absolute Gasteiger partial charge is 0.164 e. The first kappa shape index (κ1) is 29.5. The maximum absolute atomic E-state index is 6.38. The molecule has 4 rings (SSSR count). The molecule has 3 aromatic rings. The summed E-state index contributed by atoms with van der Waals surface area (Å²) >= 11 is 12.8. The van der Waals surface area contributed by atoms with Crippen LogP contribution in [-0.4, -0.2) is 25.2 Å². The van der Waals surface area contributed by atoms with Gasteiger partial charge in [0.25, 0.3) is 0 Å². The number of fused-ring (bicyclic) bond motifs is 1. The van der Waals surface area contributed by atoms with E-state index in [1.54, 1.807) is 19.5 Å². The first-order valence-electron chi connectivity index (χ1n) is 11.5. The van der Waals surface area contributed by atoms with Crippen LogP contribution in [0.25, 0.3) is 0 Å². The van der Waals surface area contributed by atoms with Gasteiger partial charge in [0.1, 0.15) is 0 Å². The standard InChI is InChI=1S/C27H30Cl2N2O2.2ClH/c1-32-26-12-11-20-21(13-14-31-25(20)16-22-23(28)17-30-18-24(22)29)27(26)33-15-7-3-6-10-19-8-4-2-5-9-19;;/h2,4-5,8-9,11-12,17-18,25,31H,3,6-7,10,13-16H2,1H3;2*1H. The quantitative estimate of drug-likeness (QED) is 0.263. The number of nitrogens with one attached hydrogen (secondary N) is 1. The van der Waals surface area contributed by atoms with Crippen molar-refractivity contribution in [2.45, 2.75) is 44.6 Å². The van der Waals surface area contributed by atoms with Crippen LogP contribution in [0.15, 0.2) is 54.9 Å². The van der Waals surface area contributed by atoms with Crippen molar-refractivity contribution >= 4 is 48.0 Å². The molecule has 1 unspecified atom stereocenters. The molecule has 35 heavy (non-hydrogen) atoms. The van der Waals surface area contributed by atoms with Gasteiger partial charge >= 0.3 is 0 Å².